The van der Waals surface area contributed by atoms with Crippen molar-refractivity contribution in [2.45, 2.75) is 46.0 Å². The second kappa shape index (κ2) is 6.88. The van der Waals surface area contributed by atoms with Gasteiger partial charge in [-0.15, -0.1) is 11.3 Å². The van der Waals surface area contributed by atoms with Crippen molar-refractivity contribution in [1.82, 2.24) is 0 Å². The van der Waals surface area contributed by atoms with Gasteiger partial charge in [0.05, 0.1) is 5.69 Å². The Morgan fingerprint density at radius 3 is 2.62 bits per heavy atom. The first-order valence-corrected chi connectivity index (χ1v) is 10.1. The number of aryl methyl sites for hydroxylation is 3. The molecule has 0 spiro atoms. The Labute approximate surface area is 158 Å². The molecule has 2 N–H and O–H groups in total. The van der Waals surface area contributed by atoms with Crippen LogP contribution in [0.15, 0.2) is 35.7 Å². The highest BCUT2D eigenvalue weighted by molar-refractivity contribution is 7.10. The van der Waals surface area contributed by atoms with Crippen molar-refractivity contribution in [3.8, 4) is 11.1 Å². The van der Waals surface area contributed by atoms with E-state index in [1.165, 1.54) is 58.4 Å². The van der Waals surface area contributed by atoms with E-state index in [9.17, 15) is 4.39 Å². The number of benzene rings is 2. The van der Waals surface area contributed by atoms with E-state index in [0.29, 0.717) is 0 Å². The van der Waals surface area contributed by atoms with Crippen LogP contribution in [0.2, 0.25) is 0 Å². The highest BCUT2D eigenvalue weighted by atomic mass is 32.1. The van der Waals surface area contributed by atoms with Crippen molar-refractivity contribution in [3.05, 3.63) is 74.2 Å². The van der Waals surface area contributed by atoms with Gasteiger partial charge in [0.2, 0.25) is 0 Å². The van der Waals surface area contributed by atoms with E-state index in [0.717, 1.165) is 17.5 Å². The Morgan fingerprint density at radius 1 is 1.04 bits per heavy atom. The maximum atomic E-state index is 13.9. The molecule has 0 radical (unpaired) electrons. The first kappa shape index (κ1) is 17.3. The highest BCUT2D eigenvalue weighted by Gasteiger charge is 2.15. The predicted molar refractivity (Wildman–Crippen MR) is 109 cm³/mol. The molecule has 1 heterocycles. The molecule has 0 aliphatic heterocycles. The number of rotatable bonds is 3. The third-order valence-corrected chi connectivity index (χ3v) is 6.70. The minimum atomic E-state index is -0.324. The Balaban J connectivity index is 1.66. The smallest absolute Gasteiger partial charge is 0.146 e. The third-order valence-electron chi connectivity index (χ3n) is 5.61. The lowest BCUT2D eigenvalue weighted by Gasteiger charge is -2.16. The molecule has 2 aromatic carbocycles. The Bertz CT molecular complexity index is 971. The van der Waals surface area contributed by atoms with Gasteiger partial charge in [-0.3, -0.25) is 0 Å². The molecule has 3 aromatic rings. The van der Waals surface area contributed by atoms with Gasteiger partial charge in [0.25, 0.3) is 0 Å². The van der Waals surface area contributed by atoms with Gasteiger partial charge in [-0.2, -0.15) is 0 Å². The SMILES string of the molecule is Cc1cc(N)c(F)cc1Cc1scc(-c2ccc3c(c2)CCCC3)c1C. The normalized spacial score (nSPS) is 13.7. The van der Waals surface area contributed by atoms with Crippen LogP contribution in [-0.4, -0.2) is 0 Å². The summed E-state index contributed by atoms with van der Waals surface area (Å²) in [5, 5.41) is 2.25. The van der Waals surface area contributed by atoms with E-state index >= 15 is 0 Å². The molecule has 0 unspecified atom stereocenters. The highest BCUT2D eigenvalue weighted by Crippen LogP contribution is 2.35. The fourth-order valence-electron chi connectivity index (χ4n) is 3.93. The van der Waals surface area contributed by atoms with Gasteiger partial charge in [-0.05, 0) is 96.0 Å². The number of fused-ring (bicyclic) bond motifs is 1. The number of nitrogen functional groups attached to an aromatic ring is 1. The summed E-state index contributed by atoms with van der Waals surface area (Å²) < 4.78 is 13.9. The van der Waals surface area contributed by atoms with Gasteiger partial charge in [0.1, 0.15) is 5.82 Å². The second-order valence-corrected chi connectivity index (χ2v) is 8.33. The molecule has 134 valence electrons. The summed E-state index contributed by atoms with van der Waals surface area (Å²) in [4.78, 5) is 1.30. The Morgan fingerprint density at radius 2 is 1.81 bits per heavy atom. The average Bonchev–Trinajstić information content (AvgIpc) is 3.00. The van der Waals surface area contributed by atoms with Gasteiger partial charge in [0.15, 0.2) is 0 Å². The number of thiophene rings is 1. The molecule has 1 aliphatic carbocycles. The third kappa shape index (κ3) is 3.16. The van der Waals surface area contributed by atoms with Gasteiger partial charge >= 0.3 is 0 Å². The quantitative estimate of drug-likeness (QED) is 0.548. The lowest BCUT2D eigenvalue weighted by atomic mass is 9.89. The maximum absolute atomic E-state index is 13.9. The number of halogens is 1. The van der Waals surface area contributed by atoms with Gasteiger partial charge in [-0.1, -0.05) is 18.2 Å². The van der Waals surface area contributed by atoms with Crippen molar-refractivity contribution in [3.63, 3.8) is 0 Å². The van der Waals surface area contributed by atoms with Crippen LogP contribution in [0.5, 0.6) is 0 Å². The van der Waals surface area contributed by atoms with Crippen LogP contribution in [0.3, 0.4) is 0 Å². The first-order chi connectivity index (χ1) is 12.5. The van der Waals surface area contributed by atoms with Gasteiger partial charge in [0, 0.05) is 11.3 Å². The summed E-state index contributed by atoms with van der Waals surface area (Å²) in [6, 6.07) is 10.3. The molecule has 0 bridgehead atoms. The Kier molecular flexibility index (Phi) is 4.58. The zero-order chi connectivity index (χ0) is 18.3. The fraction of sp³-hybridized carbons (Fsp3) is 0.304. The van der Waals surface area contributed by atoms with E-state index < -0.39 is 0 Å². The standard InChI is InChI=1S/C23H24FNS/c1-14-9-22(25)21(24)11-19(14)12-23-15(2)20(13-26-23)18-8-7-16-5-3-4-6-17(16)10-18/h7-11,13H,3-6,12,25H2,1-2H3. The Hall–Kier alpha value is -2.13. The summed E-state index contributed by atoms with van der Waals surface area (Å²) in [5.41, 5.74) is 14.9. The molecule has 0 fully saturated rings. The van der Waals surface area contributed by atoms with Crippen LogP contribution in [0.4, 0.5) is 10.1 Å². The zero-order valence-electron chi connectivity index (χ0n) is 15.4. The summed E-state index contributed by atoms with van der Waals surface area (Å²) >= 11 is 1.77. The van der Waals surface area contributed by atoms with Gasteiger partial charge < -0.3 is 5.73 Å². The van der Waals surface area contributed by atoms with E-state index in [-0.39, 0.29) is 11.5 Å². The van der Waals surface area contributed by atoms with Crippen LogP contribution in [-0.2, 0) is 19.3 Å². The molecule has 4 rings (SSSR count). The van der Waals surface area contributed by atoms with Crippen LogP contribution < -0.4 is 5.73 Å². The molecule has 1 nitrogen and oxygen atoms in total. The monoisotopic (exact) mass is 365 g/mol. The van der Waals surface area contributed by atoms with Crippen LogP contribution in [0.1, 0.15) is 45.5 Å². The van der Waals surface area contributed by atoms with Crippen LogP contribution in [0.25, 0.3) is 11.1 Å². The minimum absolute atomic E-state index is 0.226. The van der Waals surface area contributed by atoms with Crippen molar-refractivity contribution in [2.24, 2.45) is 0 Å². The summed E-state index contributed by atoms with van der Waals surface area (Å²) in [5.74, 6) is -0.324. The van der Waals surface area contributed by atoms with Crippen molar-refractivity contribution >= 4 is 17.0 Å². The van der Waals surface area contributed by atoms with E-state index in [4.69, 9.17) is 5.73 Å². The van der Waals surface area contributed by atoms with Crippen LogP contribution >= 0.6 is 11.3 Å². The topological polar surface area (TPSA) is 26.0 Å². The van der Waals surface area contributed by atoms with Gasteiger partial charge in [-0.25, -0.2) is 4.39 Å². The summed E-state index contributed by atoms with van der Waals surface area (Å²) in [6.45, 7) is 4.18. The predicted octanol–water partition coefficient (Wildman–Crippen LogP) is 6.22. The van der Waals surface area contributed by atoms with E-state index in [1.807, 2.05) is 6.92 Å². The number of hydrogen-bond donors (Lipinski definition) is 1. The number of anilines is 1. The molecule has 0 saturated carbocycles. The molecular formula is C23H24FNS. The van der Waals surface area contributed by atoms with E-state index in [2.05, 4.69) is 30.5 Å². The lowest BCUT2D eigenvalue weighted by molar-refractivity contribution is 0.630. The first-order valence-electron chi connectivity index (χ1n) is 9.26. The molecule has 3 heteroatoms. The largest absolute Gasteiger partial charge is 0.396 e. The molecule has 0 atom stereocenters. The average molecular weight is 366 g/mol. The molecule has 1 aromatic heterocycles. The summed E-state index contributed by atoms with van der Waals surface area (Å²) in [7, 11) is 0. The van der Waals surface area contributed by atoms with Crippen molar-refractivity contribution < 1.29 is 4.39 Å². The minimum Gasteiger partial charge on any atom is -0.396 e. The number of hydrogen-bond acceptors (Lipinski definition) is 2. The summed E-state index contributed by atoms with van der Waals surface area (Å²) in [6.07, 6.45) is 5.77. The number of nitrogens with two attached hydrogens (primary N) is 1. The molecular weight excluding hydrogens is 341 g/mol. The zero-order valence-corrected chi connectivity index (χ0v) is 16.2. The molecule has 1 aliphatic rings. The van der Waals surface area contributed by atoms with Crippen molar-refractivity contribution in [1.29, 1.82) is 0 Å². The molecule has 26 heavy (non-hydrogen) atoms. The molecule has 0 saturated heterocycles. The lowest BCUT2D eigenvalue weighted by Crippen LogP contribution is -2.02. The maximum Gasteiger partial charge on any atom is 0.146 e. The van der Waals surface area contributed by atoms with E-state index in [1.54, 1.807) is 23.5 Å². The fourth-order valence-corrected chi connectivity index (χ4v) is 5.02. The molecule has 0 amide bonds. The van der Waals surface area contributed by atoms with Crippen molar-refractivity contribution in [2.75, 3.05) is 5.73 Å². The second-order valence-electron chi connectivity index (χ2n) is 7.37. The van der Waals surface area contributed by atoms with Crippen LogP contribution in [0, 0.1) is 19.7 Å².